The second kappa shape index (κ2) is 3.40. The largest absolute Gasteiger partial charge is 0.346 e. The third-order valence-corrected chi connectivity index (χ3v) is 4.22. The highest BCUT2D eigenvalue weighted by atomic mass is 32.1. The zero-order valence-corrected chi connectivity index (χ0v) is 10.1. The van der Waals surface area contributed by atoms with Crippen molar-refractivity contribution in [3.8, 4) is 0 Å². The van der Waals surface area contributed by atoms with Crippen LogP contribution in [0.25, 0.3) is 31.2 Å². The molecule has 0 aliphatic rings. The molecule has 4 rings (SSSR count). The standard InChI is InChI=1S/C14H8N2OS/c17-13-9-7-15-6-5-11(9)18-14-12(13)8-3-1-2-4-10(8)16-14/h1-7,16H. The van der Waals surface area contributed by atoms with Crippen LogP contribution in [-0.2, 0) is 0 Å². The van der Waals surface area contributed by atoms with Crippen molar-refractivity contribution in [2.45, 2.75) is 0 Å². The fraction of sp³-hybridized carbons (Fsp3) is 0. The van der Waals surface area contributed by atoms with Gasteiger partial charge >= 0.3 is 0 Å². The maximum atomic E-state index is 12.5. The summed E-state index contributed by atoms with van der Waals surface area (Å²) in [6.07, 6.45) is 3.36. The maximum absolute atomic E-state index is 12.5. The van der Waals surface area contributed by atoms with E-state index in [0.29, 0.717) is 5.39 Å². The van der Waals surface area contributed by atoms with Crippen LogP contribution in [0, 0.1) is 0 Å². The molecule has 4 heteroatoms. The first kappa shape index (κ1) is 9.79. The first-order valence-electron chi connectivity index (χ1n) is 5.62. The van der Waals surface area contributed by atoms with Crippen molar-refractivity contribution in [1.82, 2.24) is 9.97 Å². The normalized spacial score (nSPS) is 11.6. The van der Waals surface area contributed by atoms with Crippen molar-refractivity contribution in [2.24, 2.45) is 0 Å². The van der Waals surface area contributed by atoms with Gasteiger partial charge in [0.25, 0.3) is 0 Å². The third-order valence-electron chi connectivity index (χ3n) is 3.14. The van der Waals surface area contributed by atoms with E-state index in [1.54, 1.807) is 23.7 Å². The van der Waals surface area contributed by atoms with Crippen molar-refractivity contribution >= 4 is 42.5 Å². The minimum absolute atomic E-state index is 0.0595. The van der Waals surface area contributed by atoms with E-state index < -0.39 is 0 Å². The van der Waals surface area contributed by atoms with E-state index in [2.05, 4.69) is 9.97 Å². The highest BCUT2D eigenvalue weighted by molar-refractivity contribution is 7.24. The van der Waals surface area contributed by atoms with Crippen molar-refractivity contribution < 1.29 is 0 Å². The lowest BCUT2D eigenvalue weighted by atomic mass is 10.2. The molecule has 18 heavy (non-hydrogen) atoms. The van der Waals surface area contributed by atoms with E-state index in [9.17, 15) is 4.79 Å². The molecule has 0 aliphatic carbocycles. The number of nitrogens with one attached hydrogen (secondary N) is 1. The minimum atomic E-state index is 0.0595. The Bertz CT molecular complexity index is 952. The van der Waals surface area contributed by atoms with Gasteiger partial charge in [-0.3, -0.25) is 9.78 Å². The summed E-state index contributed by atoms with van der Waals surface area (Å²) in [5.74, 6) is 0. The van der Waals surface area contributed by atoms with Crippen LogP contribution < -0.4 is 5.43 Å². The predicted octanol–water partition coefficient (Wildman–Crippen LogP) is 3.29. The highest BCUT2D eigenvalue weighted by Crippen LogP contribution is 2.29. The number of para-hydroxylation sites is 1. The lowest BCUT2D eigenvalue weighted by molar-refractivity contribution is 1.37. The molecule has 3 nitrogen and oxygen atoms in total. The predicted molar refractivity (Wildman–Crippen MR) is 75.3 cm³/mol. The summed E-state index contributed by atoms with van der Waals surface area (Å²) in [7, 11) is 0. The molecular formula is C14H8N2OS. The van der Waals surface area contributed by atoms with Crippen LogP contribution in [0.5, 0.6) is 0 Å². The average Bonchev–Trinajstić information content (AvgIpc) is 2.77. The van der Waals surface area contributed by atoms with Gasteiger partial charge < -0.3 is 4.98 Å². The summed E-state index contributed by atoms with van der Waals surface area (Å²) in [6, 6.07) is 9.77. The quantitative estimate of drug-likeness (QED) is 0.522. The molecule has 0 saturated carbocycles. The average molecular weight is 252 g/mol. The van der Waals surface area contributed by atoms with Gasteiger partial charge in [-0.25, -0.2) is 0 Å². The van der Waals surface area contributed by atoms with Crippen molar-refractivity contribution in [3.63, 3.8) is 0 Å². The van der Waals surface area contributed by atoms with Gasteiger partial charge in [-0.15, -0.1) is 11.3 Å². The molecule has 1 N–H and O–H groups in total. The summed E-state index contributed by atoms with van der Waals surface area (Å²) >= 11 is 1.60. The molecule has 0 amide bonds. The maximum Gasteiger partial charge on any atom is 0.199 e. The van der Waals surface area contributed by atoms with E-state index in [1.807, 2.05) is 30.3 Å². The summed E-state index contributed by atoms with van der Waals surface area (Å²) in [4.78, 5) is 20.8. The summed E-state index contributed by atoms with van der Waals surface area (Å²) < 4.78 is 0.967. The number of nitrogens with zero attached hydrogens (tertiary/aromatic N) is 1. The summed E-state index contributed by atoms with van der Waals surface area (Å²) in [6.45, 7) is 0. The Morgan fingerprint density at radius 2 is 2.00 bits per heavy atom. The topological polar surface area (TPSA) is 45.8 Å². The van der Waals surface area contributed by atoms with Crippen molar-refractivity contribution in [1.29, 1.82) is 0 Å². The van der Waals surface area contributed by atoms with Gasteiger partial charge in [0.15, 0.2) is 5.43 Å². The van der Waals surface area contributed by atoms with Crippen LogP contribution >= 0.6 is 11.3 Å². The van der Waals surface area contributed by atoms with Gasteiger partial charge in [-0.05, 0) is 12.1 Å². The molecule has 3 aromatic heterocycles. The molecule has 4 aromatic rings. The van der Waals surface area contributed by atoms with E-state index in [-0.39, 0.29) is 5.43 Å². The molecule has 0 fully saturated rings. The first-order valence-corrected chi connectivity index (χ1v) is 6.43. The molecule has 0 bridgehead atoms. The van der Waals surface area contributed by atoms with E-state index >= 15 is 0 Å². The number of H-pyrrole nitrogens is 1. The Kier molecular flexibility index (Phi) is 1.85. The highest BCUT2D eigenvalue weighted by Gasteiger charge is 2.11. The zero-order chi connectivity index (χ0) is 12.1. The molecule has 1 aromatic carbocycles. The first-order chi connectivity index (χ1) is 8.84. The summed E-state index contributed by atoms with van der Waals surface area (Å²) in [5, 5.41) is 2.45. The Morgan fingerprint density at radius 1 is 1.11 bits per heavy atom. The Balaban J connectivity index is 2.39. The van der Waals surface area contributed by atoms with Gasteiger partial charge in [0, 0.05) is 28.0 Å². The Labute approximate surface area is 106 Å². The number of rotatable bonds is 0. The number of benzene rings is 1. The van der Waals surface area contributed by atoms with E-state index in [1.165, 1.54) is 0 Å². The van der Waals surface area contributed by atoms with Gasteiger partial charge in [0.05, 0.1) is 10.8 Å². The van der Waals surface area contributed by atoms with Gasteiger partial charge in [-0.1, -0.05) is 18.2 Å². The number of fused-ring (bicyclic) bond motifs is 4. The molecule has 0 saturated heterocycles. The zero-order valence-electron chi connectivity index (χ0n) is 9.31. The fourth-order valence-electron chi connectivity index (χ4n) is 2.31. The van der Waals surface area contributed by atoms with Gasteiger partial charge in [-0.2, -0.15) is 0 Å². The molecule has 86 valence electrons. The minimum Gasteiger partial charge on any atom is -0.346 e. The molecule has 3 heterocycles. The Morgan fingerprint density at radius 3 is 2.94 bits per heavy atom. The second-order valence-electron chi connectivity index (χ2n) is 4.18. The molecule has 0 aliphatic heterocycles. The van der Waals surface area contributed by atoms with Crippen LogP contribution in [-0.4, -0.2) is 9.97 Å². The van der Waals surface area contributed by atoms with Crippen LogP contribution in [0.3, 0.4) is 0 Å². The number of hydrogen-bond acceptors (Lipinski definition) is 3. The molecule has 0 radical (unpaired) electrons. The molecule has 0 unspecified atom stereocenters. The molecule has 0 spiro atoms. The van der Waals surface area contributed by atoms with E-state index in [0.717, 1.165) is 25.8 Å². The van der Waals surface area contributed by atoms with Gasteiger partial charge in [0.1, 0.15) is 4.83 Å². The summed E-state index contributed by atoms with van der Waals surface area (Å²) in [5.41, 5.74) is 1.06. The van der Waals surface area contributed by atoms with Gasteiger partial charge in [0.2, 0.25) is 0 Å². The SMILES string of the molecule is O=c1c2cnccc2sc2[nH]c3ccccc3c12. The van der Waals surface area contributed by atoms with Crippen LogP contribution in [0.2, 0.25) is 0 Å². The van der Waals surface area contributed by atoms with Crippen LogP contribution in [0.1, 0.15) is 0 Å². The number of aromatic nitrogens is 2. The monoisotopic (exact) mass is 252 g/mol. The van der Waals surface area contributed by atoms with Crippen LogP contribution in [0.15, 0.2) is 47.5 Å². The Hall–Kier alpha value is -2.20. The molecule has 0 atom stereocenters. The lowest BCUT2D eigenvalue weighted by Gasteiger charge is -1.95. The lowest BCUT2D eigenvalue weighted by Crippen LogP contribution is -2.00. The second-order valence-corrected chi connectivity index (χ2v) is 5.23. The van der Waals surface area contributed by atoms with Crippen molar-refractivity contribution in [2.75, 3.05) is 0 Å². The van der Waals surface area contributed by atoms with E-state index in [4.69, 9.17) is 0 Å². The van der Waals surface area contributed by atoms with Crippen LogP contribution in [0.4, 0.5) is 0 Å². The third kappa shape index (κ3) is 1.18. The van der Waals surface area contributed by atoms with Crippen molar-refractivity contribution in [3.05, 3.63) is 52.9 Å². The fourth-order valence-corrected chi connectivity index (χ4v) is 3.37. The number of aromatic amines is 1. The molecular weight excluding hydrogens is 244 g/mol. The smallest absolute Gasteiger partial charge is 0.199 e. The number of pyridine rings is 1. The number of hydrogen-bond donors (Lipinski definition) is 1.